The lowest BCUT2D eigenvalue weighted by Gasteiger charge is -2.12. The maximum absolute atomic E-state index is 13.1. The first kappa shape index (κ1) is 17.4. The van der Waals surface area contributed by atoms with E-state index in [1.165, 1.54) is 0 Å². The molecule has 0 heterocycles. The molecule has 3 rings (SSSR count). The van der Waals surface area contributed by atoms with Crippen molar-refractivity contribution in [3.05, 3.63) is 65.2 Å². The fourth-order valence-corrected chi connectivity index (χ4v) is 5.79. The largest absolute Gasteiger partial charge is 0.380 e. The highest BCUT2D eigenvalue weighted by Crippen LogP contribution is 2.56. The van der Waals surface area contributed by atoms with Crippen LogP contribution >= 0.6 is 11.6 Å². The molecule has 0 aromatic heterocycles. The molecule has 2 aromatic rings. The summed E-state index contributed by atoms with van der Waals surface area (Å²) in [4.78, 5) is 0.283. The van der Waals surface area contributed by atoms with Crippen LogP contribution in [0.4, 0.5) is 0 Å². The molecule has 2 aromatic carbocycles. The molecule has 2 N–H and O–H groups in total. The van der Waals surface area contributed by atoms with Crippen LogP contribution in [0.5, 0.6) is 0 Å². The van der Waals surface area contributed by atoms with E-state index in [0.29, 0.717) is 11.6 Å². The van der Waals surface area contributed by atoms with E-state index in [1.54, 1.807) is 42.5 Å². The van der Waals surface area contributed by atoms with Crippen molar-refractivity contribution in [2.75, 3.05) is 13.2 Å². The van der Waals surface area contributed by atoms with Gasteiger partial charge in [-0.25, -0.2) is 8.42 Å². The van der Waals surface area contributed by atoms with E-state index < -0.39 is 20.6 Å². The molecule has 0 unspecified atom stereocenters. The number of ether oxygens (including phenoxy) is 1. The second-order valence-corrected chi connectivity index (χ2v) is 8.57. The number of halogens is 1. The van der Waals surface area contributed by atoms with Crippen molar-refractivity contribution < 1.29 is 13.2 Å². The second kappa shape index (κ2) is 6.48. The predicted octanol–water partition coefficient (Wildman–Crippen LogP) is 3.01. The van der Waals surface area contributed by atoms with E-state index in [0.717, 1.165) is 5.56 Å². The molecule has 128 valence electrons. The Morgan fingerprint density at radius 2 is 1.88 bits per heavy atom. The first-order chi connectivity index (χ1) is 11.4. The molecule has 1 saturated carbocycles. The molecule has 0 bridgehead atoms. The lowest BCUT2D eigenvalue weighted by Crippen LogP contribution is -2.36. The maximum Gasteiger partial charge on any atom is 0.183 e. The van der Waals surface area contributed by atoms with E-state index in [-0.39, 0.29) is 17.4 Å². The van der Waals surface area contributed by atoms with Crippen molar-refractivity contribution in [3.8, 4) is 0 Å². The van der Waals surface area contributed by atoms with Gasteiger partial charge in [0.1, 0.15) is 0 Å². The van der Waals surface area contributed by atoms with Gasteiger partial charge in [0, 0.05) is 17.5 Å². The molecule has 0 aliphatic heterocycles. The minimum absolute atomic E-state index is 0.192. The molecular weight excluding hydrogens is 346 g/mol. The number of rotatable bonds is 6. The molecule has 0 spiro atoms. The Bertz CT molecular complexity index is 825. The highest BCUT2D eigenvalue weighted by molar-refractivity contribution is 7.92. The minimum Gasteiger partial charge on any atom is -0.380 e. The van der Waals surface area contributed by atoms with E-state index in [4.69, 9.17) is 22.1 Å². The van der Waals surface area contributed by atoms with Crippen molar-refractivity contribution in [3.63, 3.8) is 0 Å². The van der Waals surface area contributed by atoms with Gasteiger partial charge < -0.3 is 10.5 Å². The summed E-state index contributed by atoms with van der Waals surface area (Å²) in [5, 5.41) is -0.161. The first-order valence-electron chi connectivity index (χ1n) is 7.82. The Hall–Kier alpha value is -1.40. The average molecular weight is 366 g/mol. The SMILES string of the molecule is CCOC[C@@]1(N)[C@@H](c2cccc(Cl)c2)[C@@H]1S(=O)(=O)c1ccccc1. The third-order valence-corrected chi connectivity index (χ3v) is 7.02. The molecule has 0 radical (unpaired) electrons. The fraction of sp³-hybridized carbons (Fsp3) is 0.333. The van der Waals surface area contributed by atoms with Crippen molar-refractivity contribution in [2.24, 2.45) is 5.73 Å². The molecule has 1 aliphatic rings. The van der Waals surface area contributed by atoms with Gasteiger partial charge in [-0.15, -0.1) is 0 Å². The number of hydrogen-bond acceptors (Lipinski definition) is 4. The first-order valence-corrected chi connectivity index (χ1v) is 9.74. The summed E-state index contributed by atoms with van der Waals surface area (Å²) in [6.45, 7) is 2.54. The molecule has 3 atom stereocenters. The lowest BCUT2D eigenvalue weighted by molar-refractivity contribution is 0.125. The number of hydrogen-bond donors (Lipinski definition) is 1. The van der Waals surface area contributed by atoms with E-state index >= 15 is 0 Å². The summed E-state index contributed by atoms with van der Waals surface area (Å²) >= 11 is 6.07. The number of sulfone groups is 1. The second-order valence-electron chi connectivity index (χ2n) is 6.06. The summed E-state index contributed by atoms with van der Waals surface area (Å²) in [6, 6.07) is 15.6. The lowest BCUT2D eigenvalue weighted by atomic mass is 10.1. The number of nitrogens with two attached hydrogens (primary N) is 1. The summed E-state index contributed by atoms with van der Waals surface area (Å²) in [6.07, 6.45) is 0. The van der Waals surface area contributed by atoms with Gasteiger partial charge >= 0.3 is 0 Å². The van der Waals surface area contributed by atoms with Gasteiger partial charge in [-0.2, -0.15) is 0 Å². The highest BCUT2D eigenvalue weighted by Gasteiger charge is 2.69. The standard InChI is InChI=1S/C18H20ClNO3S/c1-2-23-12-18(20)16(13-7-6-8-14(19)11-13)17(18)24(21,22)15-9-4-3-5-10-15/h3-11,16-17H,2,12,20H2,1H3/t16-,17-,18+/m0/s1. The Balaban J connectivity index is 2.01. The van der Waals surface area contributed by atoms with Crippen molar-refractivity contribution >= 4 is 21.4 Å². The van der Waals surface area contributed by atoms with Crippen LogP contribution in [0.2, 0.25) is 5.02 Å². The zero-order chi connectivity index (χ0) is 17.4. The molecule has 24 heavy (non-hydrogen) atoms. The van der Waals surface area contributed by atoms with Crippen LogP contribution in [-0.4, -0.2) is 32.4 Å². The highest BCUT2D eigenvalue weighted by atomic mass is 35.5. The van der Waals surface area contributed by atoms with Gasteiger partial charge in [-0.3, -0.25) is 0 Å². The van der Waals surface area contributed by atoms with Crippen molar-refractivity contribution in [1.29, 1.82) is 0 Å². The van der Waals surface area contributed by atoms with E-state index in [9.17, 15) is 8.42 Å². The molecule has 6 heteroatoms. The van der Waals surface area contributed by atoms with Gasteiger partial charge in [0.05, 0.1) is 22.3 Å². The summed E-state index contributed by atoms with van der Waals surface area (Å²) in [7, 11) is -3.56. The Kier molecular flexibility index (Phi) is 4.71. The molecular formula is C18H20ClNO3S. The smallest absolute Gasteiger partial charge is 0.183 e. The monoisotopic (exact) mass is 365 g/mol. The van der Waals surface area contributed by atoms with Crippen LogP contribution in [-0.2, 0) is 14.6 Å². The zero-order valence-corrected chi connectivity index (χ0v) is 14.9. The van der Waals surface area contributed by atoms with Gasteiger partial charge in [-0.1, -0.05) is 41.9 Å². The van der Waals surface area contributed by atoms with Crippen LogP contribution in [0, 0.1) is 0 Å². The Labute approximate surface area is 147 Å². The quantitative estimate of drug-likeness (QED) is 0.854. The number of benzene rings is 2. The minimum atomic E-state index is -3.56. The summed E-state index contributed by atoms with van der Waals surface area (Å²) in [5.41, 5.74) is 6.36. The topological polar surface area (TPSA) is 69.4 Å². The van der Waals surface area contributed by atoms with Crippen LogP contribution in [0.1, 0.15) is 18.4 Å². The van der Waals surface area contributed by atoms with E-state index in [1.807, 2.05) is 19.1 Å². The summed E-state index contributed by atoms with van der Waals surface area (Å²) in [5.74, 6) is -0.340. The fourth-order valence-electron chi connectivity index (χ4n) is 3.28. The zero-order valence-electron chi connectivity index (χ0n) is 13.4. The average Bonchev–Trinajstić information content (AvgIpc) is 3.21. The molecule has 0 saturated heterocycles. The molecule has 0 amide bonds. The van der Waals surface area contributed by atoms with Crippen molar-refractivity contribution in [2.45, 2.75) is 28.5 Å². The predicted molar refractivity (Wildman–Crippen MR) is 95.0 cm³/mol. The van der Waals surface area contributed by atoms with Gasteiger partial charge in [-0.05, 0) is 36.8 Å². The molecule has 4 nitrogen and oxygen atoms in total. The van der Waals surface area contributed by atoms with Gasteiger partial charge in [0.2, 0.25) is 0 Å². The van der Waals surface area contributed by atoms with Crippen molar-refractivity contribution in [1.82, 2.24) is 0 Å². The van der Waals surface area contributed by atoms with Gasteiger partial charge in [0.25, 0.3) is 0 Å². The van der Waals surface area contributed by atoms with Crippen LogP contribution in [0.25, 0.3) is 0 Å². The third-order valence-electron chi connectivity index (χ3n) is 4.47. The normalized spacial score (nSPS) is 26.3. The Morgan fingerprint density at radius 1 is 1.17 bits per heavy atom. The Morgan fingerprint density at radius 3 is 2.50 bits per heavy atom. The summed E-state index contributed by atoms with van der Waals surface area (Å²) < 4.78 is 31.6. The maximum atomic E-state index is 13.1. The van der Waals surface area contributed by atoms with Gasteiger partial charge in [0.15, 0.2) is 9.84 Å². The molecule has 1 fully saturated rings. The molecule has 1 aliphatic carbocycles. The third kappa shape index (κ3) is 2.97. The van der Waals surface area contributed by atoms with E-state index in [2.05, 4.69) is 0 Å². The van der Waals surface area contributed by atoms with Crippen LogP contribution in [0.15, 0.2) is 59.5 Å². The van der Waals surface area contributed by atoms with Crippen LogP contribution in [0.3, 0.4) is 0 Å². The van der Waals surface area contributed by atoms with Crippen LogP contribution < -0.4 is 5.73 Å².